The van der Waals surface area contributed by atoms with Crippen molar-refractivity contribution in [3.8, 4) is 5.75 Å². The fraction of sp³-hybridized carbons (Fsp3) is 0.391. The quantitative estimate of drug-likeness (QED) is 0.859. The zero-order valence-electron chi connectivity index (χ0n) is 16.0. The standard InChI is InChI=1S/C23H26N2O3/c24-23(27)28-20-7-6-18-13-19(22(26)21(18)14-20)12-16-8-10-25(11-9-16)15-17-4-2-1-3-5-17/h1-7,14,16,19H,8-13,15H2,(H2,24,27). The van der Waals surface area contributed by atoms with Crippen molar-refractivity contribution in [1.29, 1.82) is 0 Å². The van der Waals surface area contributed by atoms with E-state index in [2.05, 4.69) is 35.2 Å². The number of nitrogens with two attached hydrogens (primary N) is 1. The second-order valence-corrected chi connectivity index (χ2v) is 7.95. The predicted molar refractivity (Wildman–Crippen MR) is 107 cm³/mol. The van der Waals surface area contributed by atoms with Gasteiger partial charge in [-0.15, -0.1) is 0 Å². The Morgan fingerprint density at radius 2 is 1.86 bits per heavy atom. The van der Waals surface area contributed by atoms with Crippen molar-refractivity contribution in [2.24, 2.45) is 17.6 Å². The molecule has 0 saturated carbocycles. The molecule has 4 rings (SSSR count). The second kappa shape index (κ2) is 8.15. The van der Waals surface area contributed by atoms with E-state index in [1.165, 1.54) is 5.56 Å². The van der Waals surface area contributed by atoms with Crippen LogP contribution in [0.5, 0.6) is 5.75 Å². The van der Waals surface area contributed by atoms with E-state index < -0.39 is 6.09 Å². The summed E-state index contributed by atoms with van der Waals surface area (Å²) in [5.74, 6) is 1.16. The summed E-state index contributed by atoms with van der Waals surface area (Å²) < 4.78 is 4.91. The monoisotopic (exact) mass is 378 g/mol. The van der Waals surface area contributed by atoms with E-state index in [0.717, 1.165) is 50.9 Å². The molecule has 2 aromatic carbocycles. The highest BCUT2D eigenvalue weighted by Crippen LogP contribution is 2.35. The number of Topliss-reactive ketones (excluding diaryl/α,β-unsaturated/α-hetero) is 1. The van der Waals surface area contributed by atoms with E-state index in [1.54, 1.807) is 12.1 Å². The van der Waals surface area contributed by atoms with Gasteiger partial charge in [-0.25, -0.2) is 4.79 Å². The van der Waals surface area contributed by atoms with Gasteiger partial charge in [-0.3, -0.25) is 9.69 Å². The number of nitrogens with zero attached hydrogens (tertiary/aromatic N) is 1. The average Bonchev–Trinajstić information content (AvgIpc) is 2.99. The number of amides is 1. The van der Waals surface area contributed by atoms with Crippen molar-refractivity contribution < 1.29 is 14.3 Å². The normalized spacial score (nSPS) is 20.1. The zero-order chi connectivity index (χ0) is 19.5. The van der Waals surface area contributed by atoms with Crippen molar-refractivity contribution in [3.63, 3.8) is 0 Å². The van der Waals surface area contributed by atoms with Crippen LogP contribution in [0.4, 0.5) is 4.79 Å². The lowest BCUT2D eigenvalue weighted by Crippen LogP contribution is -2.34. The summed E-state index contributed by atoms with van der Waals surface area (Å²) >= 11 is 0. The molecule has 146 valence electrons. The van der Waals surface area contributed by atoms with Crippen LogP contribution in [-0.4, -0.2) is 29.9 Å². The molecule has 1 aliphatic carbocycles. The Hall–Kier alpha value is -2.66. The van der Waals surface area contributed by atoms with Gasteiger partial charge in [0.1, 0.15) is 5.75 Å². The van der Waals surface area contributed by atoms with Crippen molar-refractivity contribution in [2.75, 3.05) is 13.1 Å². The summed E-state index contributed by atoms with van der Waals surface area (Å²) in [5, 5.41) is 0. The third-order valence-electron chi connectivity index (χ3n) is 5.98. The number of primary amides is 1. The smallest absolute Gasteiger partial charge is 0.409 e. The van der Waals surface area contributed by atoms with Gasteiger partial charge in [0.05, 0.1) is 0 Å². The van der Waals surface area contributed by atoms with Crippen LogP contribution in [-0.2, 0) is 13.0 Å². The molecule has 0 aromatic heterocycles. The van der Waals surface area contributed by atoms with Crippen LogP contribution in [0.1, 0.15) is 40.7 Å². The molecule has 1 fully saturated rings. The maximum atomic E-state index is 12.8. The summed E-state index contributed by atoms with van der Waals surface area (Å²) in [6.07, 6.45) is 3.16. The number of fused-ring (bicyclic) bond motifs is 1. The summed E-state index contributed by atoms with van der Waals surface area (Å²) in [6.45, 7) is 3.18. The molecule has 1 amide bonds. The molecule has 5 heteroatoms. The van der Waals surface area contributed by atoms with E-state index >= 15 is 0 Å². The fourth-order valence-electron chi connectivity index (χ4n) is 4.54. The number of benzene rings is 2. The number of piperidine rings is 1. The number of ketones is 1. The molecule has 5 nitrogen and oxygen atoms in total. The lowest BCUT2D eigenvalue weighted by Gasteiger charge is -2.32. The lowest BCUT2D eigenvalue weighted by atomic mass is 9.85. The Kier molecular flexibility index (Phi) is 5.44. The minimum atomic E-state index is -0.857. The molecule has 28 heavy (non-hydrogen) atoms. The first-order chi connectivity index (χ1) is 13.6. The van der Waals surface area contributed by atoms with Crippen LogP contribution in [0.15, 0.2) is 48.5 Å². The minimum absolute atomic E-state index is 0.0458. The molecule has 1 unspecified atom stereocenters. The van der Waals surface area contributed by atoms with Gasteiger partial charge in [0, 0.05) is 18.0 Å². The number of rotatable bonds is 5. The van der Waals surface area contributed by atoms with Gasteiger partial charge in [0.25, 0.3) is 0 Å². The number of hydrogen-bond donors (Lipinski definition) is 1. The Morgan fingerprint density at radius 3 is 2.57 bits per heavy atom. The SMILES string of the molecule is NC(=O)Oc1ccc2c(c1)C(=O)C(CC1CCN(Cc3ccccc3)CC1)C2. The Balaban J connectivity index is 1.31. The molecule has 0 radical (unpaired) electrons. The zero-order valence-corrected chi connectivity index (χ0v) is 16.0. The van der Waals surface area contributed by atoms with Gasteiger partial charge < -0.3 is 10.5 Å². The van der Waals surface area contributed by atoms with Crippen LogP contribution >= 0.6 is 0 Å². The lowest BCUT2D eigenvalue weighted by molar-refractivity contribution is 0.0895. The number of carbonyl (C=O) groups is 2. The largest absolute Gasteiger partial charge is 0.410 e. The fourth-order valence-corrected chi connectivity index (χ4v) is 4.54. The van der Waals surface area contributed by atoms with Crippen molar-refractivity contribution in [3.05, 3.63) is 65.2 Å². The molecule has 2 aliphatic rings. The maximum Gasteiger partial charge on any atom is 0.409 e. The molecular weight excluding hydrogens is 352 g/mol. The number of ether oxygens (including phenoxy) is 1. The van der Waals surface area contributed by atoms with Gasteiger partial charge in [0.15, 0.2) is 5.78 Å². The molecule has 1 heterocycles. The molecular formula is C23H26N2O3. The van der Waals surface area contributed by atoms with Gasteiger partial charge in [0.2, 0.25) is 0 Å². The highest BCUT2D eigenvalue weighted by atomic mass is 16.5. The molecule has 2 N–H and O–H groups in total. The third-order valence-corrected chi connectivity index (χ3v) is 5.98. The Bertz CT molecular complexity index is 857. The van der Waals surface area contributed by atoms with Crippen molar-refractivity contribution in [1.82, 2.24) is 4.90 Å². The molecule has 0 spiro atoms. The third kappa shape index (κ3) is 4.25. The first-order valence-corrected chi connectivity index (χ1v) is 9.99. The summed E-state index contributed by atoms with van der Waals surface area (Å²) in [7, 11) is 0. The van der Waals surface area contributed by atoms with Crippen LogP contribution in [0.25, 0.3) is 0 Å². The van der Waals surface area contributed by atoms with E-state index in [-0.39, 0.29) is 11.7 Å². The second-order valence-electron chi connectivity index (χ2n) is 7.95. The van der Waals surface area contributed by atoms with Crippen LogP contribution in [0.2, 0.25) is 0 Å². The van der Waals surface area contributed by atoms with E-state index in [0.29, 0.717) is 17.2 Å². The van der Waals surface area contributed by atoms with Crippen LogP contribution in [0, 0.1) is 11.8 Å². The summed E-state index contributed by atoms with van der Waals surface area (Å²) in [6, 6.07) is 15.8. The van der Waals surface area contributed by atoms with E-state index in [1.807, 2.05) is 6.07 Å². The summed E-state index contributed by atoms with van der Waals surface area (Å²) in [5.41, 5.74) is 8.16. The molecule has 2 aromatic rings. The number of hydrogen-bond acceptors (Lipinski definition) is 4. The Labute approximate surface area is 165 Å². The van der Waals surface area contributed by atoms with Gasteiger partial charge in [-0.1, -0.05) is 36.4 Å². The molecule has 0 bridgehead atoms. The van der Waals surface area contributed by atoms with Gasteiger partial charge >= 0.3 is 6.09 Å². The van der Waals surface area contributed by atoms with Gasteiger partial charge in [-0.2, -0.15) is 0 Å². The maximum absolute atomic E-state index is 12.8. The first-order valence-electron chi connectivity index (χ1n) is 9.99. The number of likely N-dealkylation sites (tertiary alicyclic amines) is 1. The van der Waals surface area contributed by atoms with E-state index in [9.17, 15) is 9.59 Å². The first kappa shape index (κ1) is 18.7. The summed E-state index contributed by atoms with van der Waals surface area (Å²) in [4.78, 5) is 26.3. The predicted octanol–water partition coefficient (Wildman–Crippen LogP) is 3.80. The topological polar surface area (TPSA) is 72.6 Å². The minimum Gasteiger partial charge on any atom is -0.410 e. The van der Waals surface area contributed by atoms with Crippen LogP contribution < -0.4 is 10.5 Å². The van der Waals surface area contributed by atoms with Gasteiger partial charge in [-0.05, 0) is 68.0 Å². The molecule has 1 atom stereocenters. The Morgan fingerprint density at radius 1 is 1.11 bits per heavy atom. The molecule has 1 aliphatic heterocycles. The number of carbonyl (C=O) groups excluding carboxylic acids is 2. The van der Waals surface area contributed by atoms with Crippen LogP contribution in [0.3, 0.4) is 0 Å². The van der Waals surface area contributed by atoms with Crippen molar-refractivity contribution >= 4 is 11.9 Å². The highest BCUT2D eigenvalue weighted by Gasteiger charge is 2.33. The average molecular weight is 378 g/mol. The van der Waals surface area contributed by atoms with E-state index in [4.69, 9.17) is 10.5 Å². The van der Waals surface area contributed by atoms with Crippen molar-refractivity contribution in [2.45, 2.75) is 32.2 Å². The molecule has 1 saturated heterocycles. The highest BCUT2D eigenvalue weighted by molar-refractivity contribution is 6.02.